The molecule has 0 saturated carbocycles. The molecular formula is C29H20BrN3O2. The van der Waals surface area contributed by atoms with Gasteiger partial charge in [0, 0.05) is 39.1 Å². The molecule has 0 atom stereocenters. The number of nitrogens with one attached hydrogen (secondary N) is 1. The third-order valence-electron chi connectivity index (χ3n) is 6.06. The van der Waals surface area contributed by atoms with Crippen molar-refractivity contribution in [1.29, 1.82) is 0 Å². The third-order valence-corrected chi connectivity index (χ3v) is 6.55. The zero-order valence-electron chi connectivity index (χ0n) is 18.6. The summed E-state index contributed by atoms with van der Waals surface area (Å²) in [5, 5.41) is 8.59. The zero-order valence-corrected chi connectivity index (χ0v) is 20.2. The second-order valence-corrected chi connectivity index (χ2v) is 9.32. The third kappa shape index (κ3) is 4.24. The lowest BCUT2D eigenvalue weighted by Gasteiger charge is -2.07. The molecule has 1 N–H and O–H groups in total. The number of amides is 1. The Morgan fingerprint density at radius 3 is 2.66 bits per heavy atom. The van der Waals surface area contributed by atoms with E-state index in [0.717, 1.165) is 32.9 Å². The first-order valence-corrected chi connectivity index (χ1v) is 12.0. The van der Waals surface area contributed by atoms with Crippen molar-refractivity contribution in [3.8, 4) is 0 Å². The SMILES string of the molecule is O=C(N/N=C/c1cn(Cc2ccc3ccccc3c2)c2ccccc12)c1cc2cc(Br)ccc2o1. The number of benzene rings is 4. The van der Waals surface area contributed by atoms with Crippen molar-refractivity contribution in [1.82, 2.24) is 9.99 Å². The number of para-hydroxylation sites is 1. The Bertz CT molecular complexity index is 1750. The molecule has 0 bridgehead atoms. The van der Waals surface area contributed by atoms with Gasteiger partial charge in [-0.2, -0.15) is 5.10 Å². The van der Waals surface area contributed by atoms with Gasteiger partial charge in [0.05, 0.1) is 6.21 Å². The fraction of sp³-hybridized carbons (Fsp3) is 0.0345. The van der Waals surface area contributed by atoms with E-state index in [-0.39, 0.29) is 5.76 Å². The molecule has 5 nitrogen and oxygen atoms in total. The van der Waals surface area contributed by atoms with Gasteiger partial charge in [0.15, 0.2) is 5.76 Å². The average Bonchev–Trinajstić information content (AvgIpc) is 3.45. The van der Waals surface area contributed by atoms with Gasteiger partial charge in [-0.05, 0) is 52.7 Å². The van der Waals surface area contributed by atoms with Crippen molar-refractivity contribution >= 4 is 60.7 Å². The number of fused-ring (bicyclic) bond motifs is 3. The minimum atomic E-state index is -0.395. The minimum Gasteiger partial charge on any atom is -0.451 e. The van der Waals surface area contributed by atoms with Gasteiger partial charge >= 0.3 is 5.91 Å². The Labute approximate surface area is 209 Å². The van der Waals surface area contributed by atoms with Crippen LogP contribution in [0.25, 0.3) is 32.6 Å². The van der Waals surface area contributed by atoms with Crippen LogP contribution >= 0.6 is 15.9 Å². The van der Waals surface area contributed by atoms with Crippen LogP contribution in [0.1, 0.15) is 21.7 Å². The summed E-state index contributed by atoms with van der Waals surface area (Å²) in [5.41, 5.74) is 6.49. The van der Waals surface area contributed by atoms with E-state index >= 15 is 0 Å². The number of carbonyl (C=O) groups is 1. The van der Waals surface area contributed by atoms with Crippen molar-refractivity contribution in [2.24, 2.45) is 5.10 Å². The Balaban J connectivity index is 1.25. The van der Waals surface area contributed by atoms with Gasteiger partial charge in [0.2, 0.25) is 0 Å². The minimum absolute atomic E-state index is 0.217. The van der Waals surface area contributed by atoms with Gasteiger partial charge in [-0.25, -0.2) is 5.43 Å². The normalized spacial score (nSPS) is 11.7. The summed E-state index contributed by atoms with van der Waals surface area (Å²) in [6, 6.07) is 30.4. The lowest BCUT2D eigenvalue weighted by molar-refractivity contribution is 0.0929. The molecule has 0 saturated heterocycles. The Morgan fingerprint density at radius 1 is 0.914 bits per heavy atom. The molecular weight excluding hydrogens is 502 g/mol. The van der Waals surface area contributed by atoms with Crippen LogP contribution in [0, 0.1) is 0 Å². The highest BCUT2D eigenvalue weighted by Crippen LogP contribution is 2.24. The topological polar surface area (TPSA) is 59.5 Å². The van der Waals surface area contributed by atoms with E-state index < -0.39 is 5.91 Å². The molecule has 0 aliphatic rings. The fourth-order valence-corrected chi connectivity index (χ4v) is 4.76. The van der Waals surface area contributed by atoms with E-state index in [0.29, 0.717) is 5.58 Å². The van der Waals surface area contributed by atoms with Crippen LogP contribution in [-0.4, -0.2) is 16.7 Å². The molecule has 2 aromatic heterocycles. The standard InChI is InChI=1S/C29H20BrN3O2/c30-24-11-12-27-22(14-24)15-28(35-27)29(34)32-31-16-23-18-33(26-8-4-3-7-25(23)26)17-19-9-10-20-5-1-2-6-21(20)13-19/h1-16,18H,17H2,(H,32,34)/b31-16+. The zero-order chi connectivity index (χ0) is 23.8. The predicted octanol–water partition coefficient (Wildman–Crippen LogP) is 7.12. The van der Waals surface area contributed by atoms with Gasteiger partial charge in [-0.1, -0.05) is 70.5 Å². The van der Waals surface area contributed by atoms with Crippen molar-refractivity contribution in [3.63, 3.8) is 0 Å². The summed E-state index contributed by atoms with van der Waals surface area (Å²) in [5.74, 6) is -0.178. The lowest BCUT2D eigenvalue weighted by atomic mass is 10.1. The molecule has 6 aromatic rings. The van der Waals surface area contributed by atoms with E-state index in [4.69, 9.17) is 4.42 Å². The summed E-state index contributed by atoms with van der Waals surface area (Å²) in [4.78, 5) is 12.6. The Hall–Kier alpha value is -4.16. The second kappa shape index (κ2) is 8.89. The summed E-state index contributed by atoms with van der Waals surface area (Å²) in [6.07, 6.45) is 3.74. The molecule has 0 fully saturated rings. The van der Waals surface area contributed by atoms with Gasteiger partial charge in [-0.15, -0.1) is 0 Å². The molecule has 0 radical (unpaired) electrons. The molecule has 6 rings (SSSR count). The van der Waals surface area contributed by atoms with Gasteiger partial charge in [-0.3, -0.25) is 4.79 Å². The molecule has 6 heteroatoms. The van der Waals surface area contributed by atoms with Crippen LogP contribution in [0.5, 0.6) is 0 Å². The number of halogens is 1. The number of hydrazone groups is 1. The van der Waals surface area contributed by atoms with Crippen LogP contribution in [-0.2, 0) is 6.54 Å². The highest BCUT2D eigenvalue weighted by molar-refractivity contribution is 9.10. The van der Waals surface area contributed by atoms with Crippen molar-refractivity contribution in [3.05, 3.63) is 119 Å². The summed E-state index contributed by atoms with van der Waals surface area (Å²) in [6.45, 7) is 0.736. The summed E-state index contributed by atoms with van der Waals surface area (Å²) >= 11 is 3.43. The molecule has 1 amide bonds. The maximum atomic E-state index is 12.6. The fourth-order valence-electron chi connectivity index (χ4n) is 4.38. The predicted molar refractivity (Wildman–Crippen MR) is 144 cm³/mol. The summed E-state index contributed by atoms with van der Waals surface area (Å²) < 4.78 is 8.78. The number of nitrogens with zero attached hydrogens (tertiary/aromatic N) is 2. The maximum absolute atomic E-state index is 12.6. The molecule has 170 valence electrons. The first kappa shape index (κ1) is 21.4. The molecule has 4 aromatic carbocycles. The second-order valence-electron chi connectivity index (χ2n) is 8.40. The average molecular weight is 522 g/mol. The molecule has 0 aliphatic heterocycles. The number of aromatic nitrogens is 1. The van der Waals surface area contributed by atoms with E-state index in [2.05, 4.69) is 91.8 Å². The molecule has 35 heavy (non-hydrogen) atoms. The van der Waals surface area contributed by atoms with Crippen LogP contribution in [0.4, 0.5) is 0 Å². The van der Waals surface area contributed by atoms with Gasteiger partial charge in [0.25, 0.3) is 0 Å². The monoisotopic (exact) mass is 521 g/mol. The molecule has 0 spiro atoms. The first-order valence-electron chi connectivity index (χ1n) is 11.2. The maximum Gasteiger partial charge on any atom is 0.307 e. The number of furan rings is 1. The smallest absolute Gasteiger partial charge is 0.307 e. The number of rotatable bonds is 5. The van der Waals surface area contributed by atoms with Gasteiger partial charge in [0.1, 0.15) is 5.58 Å². The van der Waals surface area contributed by atoms with E-state index in [1.807, 2.05) is 30.3 Å². The van der Waals surface area contributed by atoms with Crippen LogP contribution in [0.2, 0.25) is 0 Å². The largest absolute Gasteiger partial charge is 0.451 e. The molecule has 2 heterocycles. The Morgan fingerprint density at radius 2 is 1.74 bits per heavy atom. The van der Waals surface area contributed by atoms with E-state index in [1.165, 1.54) is 16.3 Å². The number of hydrogen-bond acceptors (Lipinski definition) is 3. The van der Waals surface area contributed by atoms with E-state index in [1.54, 1.807) is 12.3 Å². The van der Waals surface area contributed by atoms with Crippen molar-refractivity contribution in [2.75, 3.05) is 0 Å². The number of hydrogen-bond donors (Lipinski definition) is 1. The Kier molecular flexibility index (Phi) is 5.43. The molecule has 0 unspecified atom stereocenters. The van der Waals surface area contributed by atoms with Crippen molar-refractivity contribution in [2.45, 2.75) is 6.54 Å². The highest BCUT2D eigenvalue weighted by atomic mass is 79.9. The molecule has 0 aliphatic carbocycles. The van der Waals surface area contributed by atoms with Crippen molar-refractivity contribution < 1.29 is 9.21 Å². The van der Waals surface area contributed by atoms with Crippen LogP contribution < -0.4 is 5.43 Å². The highest BCUT2D eigenvalue weighted by Gasteiger charge is 2.12. The van der Waals surface area contributed by atoms with Crippen LogP contribution in [0.15, 0.2) is 111 Å². The quantitative estimate of drug-likeness (QED) is 0.194. The van der Waals surface area contributed by atoms with Crippen LogP contribution in [0.3, 0.4) is 0 Å². The van der Waals surface area contributed by atoms with E-state index in [9.17, 15) is 4.79 Å². The lowest BCUT2D eigenvalue weighted by Crippen LogP contribution is -2.16. The van der Waals surface area contributed by atoms with Gasteiger partial charge < -0.3 is 8.98 Å². The number of carbonyl (C=O) groups excluding carboxylic acids is 1. The first-order chi connectivity index (χ1) is 17.1. The summed E-state index contributed by atoms with van der Waals surface area (Å²) in [7, 11) is 0.